The Labute approximate surface area is 121 Å². The molecule has 2 N–H and O–H groups in total. The highest BCUT2D eigenvalue weighted by atomic mass is 16.5. The van der Waals surface area contributed by atoms with E-state index < -0.39 is 0 Å². The molecule has 1 aromatic rings. The molecule has 4 nitrogen and oxygen atoms in total. The predicted molar refractivity (Wildman–Crippen MR) is 79.8 cm³/mol. The molecule has 0 saturated carbocycles. The summed E-state index contributed by atoms with van der Waals surface area (Å²) in [7, 11) is 0. The van der Waals surface area contributed by atoms with Gasteiger partial charge in [-0.2, -0.15) is 0 Å². The molecule has 4 heteroatoms. The molecule has 0 bridgehead atoms. The number of carbonyl (C=O) groups excluding carboxylic acids is 1. The van der Waals surface area contributed by atoms with Crippen molar-refractivity contribution in [2.45, 2.75) is 39.7 Å². The van der Waals surface area contributed by atoms with Crippen LogP contribution in [0.4, 0.5) is 0 Å². The van der Waals surface area contributed by atoms with Crippen LogP contribution < -0.4 is 10.1 Å². The van der Waals surface area contributed by atoms with Crippen LogP contribution in [0.25, 0.3) is 0 Å². The molecule has 0 fully saturated rings. The number of nitrogens with one attached hydrogen (secondary N) is 1. The lowest BCUT2D eigenvalue weighted by molar-refractivity contribution is -0.123. The minimum Gasteiger partial charge on any atom is -0.484 e. The summed E-state index contributed by atoms with van der Waals surface area (Å²) in [6.45, 7) is 6.72. The zero-order valence-corrected chi connectivity index (χ0v) is 12.6. The van der Waals surface area contributed by atoms with E-state index in [1.54, 1.807) is 6.92 Å². The van der Waals surface area contributed by atoms with Crippen LogP contribution in [0.5, 0.6) is 5.75 Å². The molecule has 1 unspecified atom stereocenters. The van der Waals surface area contributed by atoms with E-state index in [1.165, 1.54) is 0 Å². The van der Waals surface area contributed by atoms with Gasteiger partial charge in [-0.15, -0.1) is 0 Å². The van der Waals surface area contributed by atoms with Crippen molar-refractivity contribution in [3.8, 4) is 5.75 Å². The third kappa shape index (κ3) is 7.14. The van der Waals surface area contributed by atoms with Gasteiger partial charge in [0.25, 0.3) is 5.91 Å². The fraction of sp³-hybridized carbons (Fsp3) is 0.562. The fourth-order valence-electron chi connectivity index (χ4n) is 1.76. The second-order valence-electron chi connectivity index (χ2n) is 5.52. The number of hydrogen-bond donors (Lipinski definition) is 2. The molecule has 1 aromatic carbocycles. The SMILES string of the molecule is CC(C)CCNC(=O)COc1ccc(CC(C)O)cc1. The Hall–Kier alpha value is -1.55. The average Bonchev–Trinajstić information content (AvgIpc) is 2.37. The number of amides is 1. The molecular formula is C16H25NO3. The largest absolute Gasteiger partial charge is 0.484 e. The second kappa shape index (κ2) is 8.59. The minimum absolute atomic E-state index is 0.0356. The fourth-order valence-corrected chi connectivity index (χ4v) is 1.76. The summed E-state index contributed by atoms with van der Waals surface area (Å²) in [6.07, 6.45) is 1.24. The maximum absolute atomic E-state index is 11.5. The van der Waals surface area contributed by atoms with Gasteiger partial charge in [-0.3, -0.25) is 4.79 Å². The first-order valence-corrected chi connectivity index (χ1v) is 7.14. The highest BCUT2D eigenvalue weighted by Crippen LogP contribution is 2.13. The van der Waals surface area contributed by atoms with Crippen molar-refractivity contribution >= 4 is 5.91 Å². The Morgan fingerprint density at radius 2 is 1.90 bits per heavy atom. The molecule has 1 rings (SSSR count). The Morgan fingerprint density at radius 1 is 1.25 bits per heavy atom. The Kier molecular flexibility index (Phi) is 7.09. The van der Waals surface area contributed by atoms with Gasteiger partial charge >= 0.3 is 0 Å². The Balaban J connectivity index is 2.29. The molecule has 0 heterocycles. The number of hydrogen-bond acceptors (Lipinski definition) is 3. The van der Waals surface area contributed by atoms with Gasteiger partial charge < -0.3 is 15.2 Å². The van der Waals surface area contributed by atoms with Gasteiger partial charge in [0.05, 0.1) is 6.10 Å². The number of aliphatic hydroxyl groups excluding tert-OH is 1. The highest BCUT2D eigenvalue weighted by Gasteiger charge is 2.04. The van der Waals surface area contributed by atoms with Crippen LogP contribution in [0.15, 0.2) is 24.3 Å². The van der Waals surface area contributed by atoms with Gasteiger partial charge in [0, 0.05) is 6.54 Å². The molecule has 0 saturated heterocycles. The molecule has 0 aromatic heterocycles. The number of carbonyl (C=O) groups is 1. The zero-order valence-electron chi connectivity index (χ0n) is 12.6. The molecule has 0 radical (unpaired) electrons. The van der Waals surface area contributed by atoms with Gasteiger partial charge in [-0.05, 0) is 43.4 Å². The van der Waals surface area contributed by atoms with Gasteiger partial charge in [0.15, 0.2) is 6.61 Å². The Morgan fingerprint density at radius 3 is 2.45 bits per heavy atom. The van der Waals surface area contributed by atoms with Crippen LogP contribution in [-0.2, 0) is 11.2 Å². The van der Waals surface area contributed by atoms with E-state index >= 15 is 0 Å². The summed E-state index contributed by atoms with van der Waals surface area (Å²) >= 11 is 0. The monoisotopic (exact) mass is 279 g/mol. The third-order valence-corrected chi connectivity index (χ3v) is 2.87. The first-order chi connectivity index (χ1) is 9.47. The van der Waals surface area contributed by atoms with Crippen LogP contribution >= 0.6 is 0 Å². The number of benzene rings is 1. The van der Waals surface area contributed by atoms with E-state index in [9.17, 15) is 9.90 Å². The van der Waals surface area contributed by atoms with Crippen LogP contribution in [0.2, 0.25) is 0 Å². The van der Waals surface area contributed by atoms with Crippen LogP contribution in [-0.4, -0.2) is 30.3 Å². The van der Waals surface area contributed by atoms with Crippen LogP contribution in [0.3, 0.4) is 0 Å². The molecule has 1 amide bonds. The standard InChI is InChI=1S/C16H25NO3/c1-12(2)8-9-17-16(19)11-20-15-6-4-14(5-7-15)10-13(3)18/h4-7,12-13,18H,8-11H2,1-3H3,(H,17,19). The lowest BCUT2D eigenvalue weighted by atomic mass is 10.1. The first kappa shape index (κ1) is 16.5. The summed E-state index contributed by atoms with van der Waals surface area (Å²) in [4.78, 5) is 11.5. The molecule has 0 spiro atoms. The van der Waals surface area contributed by atoms with Crippen molar-refractivity contribution in [1.82, 2.24) is 5.32 Å². The average molecular weight is 279 g/mol. The lowest BCUT2D eigenvalue weighted by Gasteiger charge is -2.09. The summed E-state index contributed by atoms with van der Waals surface area (Å²) < 4.78 is 5.41. The maximum atomic E-state index is 11.5. The first-order valence-electron chi connectivity index (χ1n) is 7.14. The lowest BCUT2D eigenvalue weighted by Crippen LogP contribution is -2.30. The number of ether oxygens (including phenoxy) is 1. The van der Waals surface area contributed by atoms with Crippen LogP contribution in [0.1, 0.15) is 32.8 Å². The van der Waals surface area contributed by atoms with E-state index in [4.69, 9.17) is 4.74 Å². The van der Waals surface area contributed by atoms with Gasteiger partial charge in [-0.1, -0.05) is 26.0 Å². The zero-order chi connectivity index (χ0) is 15.0. The topological polar surface area (TPSA) is 58.6 Å². The van der Waals surface area contributed by atoms with Crippen molar-refractivity contribution < 1.29 is 14.6 Å². The summed E-state index contributed by atoms with van der Waals surface area (Å²) in [5.74, 6) is 1.15. The van der Waals surface area contributed by atoms with Crippen LogP contribution in [0, 0.1) is 5.92 Å². The number of rotatable bonds is 8. The third-order valence-electron chi connectivity index (χ3n) is 2.87. The molecular weight excluding hydrogens is 254 g/mol. The molecule has 0 aliphatic carbocycles. The minimum atomic E-state index is -0.353. The van der Waals surface area contributed by atoms with Crippen molar-refractivity contribution in [2.24, 2.45) is 5.92 Å². The molecule has 0 aliphatic rings. The Bertz CT molecular complexity index is 399. The molecule has 20 heavy (non-hydrogen) atoms. The van der Waals surface area contributed by atoms with E-state index in [-0.39, 0.29) is 18.6 Å². The van der Waals surface area contributed by atoms with E-state index in [1.807, 2.05) is 24.3 Å². The quantitative estimate of drug-likeness (QED) is 0.766. The molecule has 0 aliphatic heterocycles. The van der Waals surface area contributed by atoms with Crippen molar-refractivity contribution in [1.29, 1.82) is 0 Å². The summed E-state index contributed by atoms with van der Waals surface area (Å²) in [5.41, 5.74) is 1.05. The number of aliphatic hydroxyl groups is 1. The molecule has 112 valence electrons. The van der Waals surface area contributed by atoms with Gasteiger partial charge in [0.1, 0.15) is 5.75 Å². The highest BCUT2D eigenvalue weighted by molar-refractivity contribution is 5.77. The normalized spacial score (nSPS) is 12.2. The van der Waals surface area contributed by atoms with E-state index in [0.29, 0.717) is 24.6 Å². The molecule has 1 atom stereocenters. The van der Waals surface area contributed by atoms with Crippen molar-refractivity contribution in [2.75, 3.05) is 13.2 Å². The van der Waals surface area contributed by atoms with Gasteiger partial charge in [-0.25, -0.2) is 0 Å². The smallest absolute Gasteiger partial charge is 0.257 e. The second-order valence-corrected chi connectivity index (χ2v) is 5.52. The summed E-state index contributed by atoms with van der Waals surface area (Å²) in [6, 6.07) is 7.44. The van der Waals surface area contributed by atoms with E-state index in [2.05, 4.69) is 19.2 Å². The van der Waals surface area contributed by atoms with Gasteiger partial charge in [0.2, 0.25) is 0 Å². The summed E-state index contributed by atoms with van der Waals surface area (Å²) in [5, 5.41) is 12.1. The van der Waals surface area contributed by atoms with Crippen molar-refractivity contribution in [3.63, 3.8) is 0 Å². The maximum Gasteiger partial charge on any atom is 0.257 e. The van der Waals surface area contributed by atoms with E-state index in [0.717, 1.165) is 12.0 Å². The predicted octanol–water partition coefficient (Wildman–Crippen LogP) is 2.15. The van der Waals surface area contributed by atoms with Crippen molar-refractivity contribution in [3.05, 3.63) is 29.8 Å².